The van der Waals surface area contributed by atoms with Gasteiger partial charge in [-0.3, -0.25) is 9.59 Å². The van der Waals surface area contributed by atoms with Crippen LogP contribution in [0.2, 0.25) is 0 Å². The molecule has 28 heavy (non-hydrogen) atoms. The van der Waals surface area contributed by atoms with Crippen LogP contribution in [0, 0.1) is 11.6 Å². The van der Waals surface area contributed by atoms with Gasteiger partial charge in [0.15, 0.2) is 0 Å². The van der Waals surface area contributed by atoms with E-state index in [1.807, 2.05) is 13.8 Å². The molecule has 2 aromatic rings. The molecule has 148 valence electrons. The van der Waals surface area contributed by atoms with Crippen molar-refractivity contribution >= 4 is 23.6 Å². The molecular weight excluding hydrogens is 382 g/mol. The number of likely N-dealkylation sites (N-methyl/N-ethyl adjacent to an activating group) is 1. The number of hydrogen-bond acceptors (Lipinski definition) is 3. The van der Waals surface area contributed by atoms with E-state index >= 15 is 0 Å². The molecular formula is C21H22F2N2O2S. The van der Waals surface area contributed by atoms with Crippen molar-refractivity contribution in [1.29, 1.82) is 0 Å². The van der Waals surface area contributed by atoms with Gasteiger partial charge >= 0.3 is 0 Å². The minimum atomic E-state index is -0.414. The zero-order chi connectivity index (χ0) is 20.3. The third kappa shape index (κ3) is 4.19. The lowest BCUT2D eigenvalue weighted by Crippen LogP contribution is -2.40. The molecule has 3 rings (SSSR count). The SMILES string of the molecule is CCN(CCN1C(=O)[C@@H](C)S[C@@H]1c1ccccc1F)C(=O)c1ccc(F)cc1. The van der Waals surface area contributed by atoms with Gasteiger partial charge in [0.25, 0.3) is 5.91 Å². The summed E-state index contributed by atoms with van der Waals surface area (Å²) in [6.45, 7) is 4.72. The minimum Gasteiger partial charge on any atom is -0.337 e. The van der Waals surface area contributed by atoms with Crippen molar-refractivity contribution in [3.8, 4) is 0 Å². The summed E-state index contributed by atoms with van der Waals surface area (Å²) in [5, 5.41) is -0.684. The van der Waals surface area contributed by atoms with E-state index in [4.69, 9.17) is 0 Å². The Labute approximate surface area is 167 Å². The number of thioether (sulfide) groups is 1. The molecule has 4 nitrogen and oxygen atoms in total. The number of carbonyl (C=O) groups excluding carboxylic acids is 2. The second kappa shape index (κ2) is 8.73. The first kappa shape index (κ1) is 20.3. The van der Waals surface area contributed by atoms with Crippen LogP contribution in [0.1, 0.15) is 35.1 Å². The number of amides is 2. The van der Waals surface area contributed by atoms with Crippen molar-refractivity contribution in [3.05, 3.63) is 71.3 Å². The highest BCUT2D eigenvalue weighted by Crippen LogP contribution is 2.43. The van der Waals surface area contributed by atoms with Gasteiger partial charge in [0.2, 0.25) is 5.91 Å². The first-order chi connectivity index (χ1) is 13.4. The number of carbonyl (C=O) groups is 2. The maximum Gasteiger partial charge on any atom is 0.253 e. The number of halogens is 2. The molecule has 0 bridgehead atoms. The second-order valence-corrected chi connectivity index (χ2v) is 8.00. The first-order valence-corrected chi connectivity index (χ1v) is 10.1. The fraction of sp³-hybridized carbons (Fsp3) is 0.333. The van der Waals surface area contributed by atoms with Gasteiger partial charge in [0.1, 0.15) is 17.0 Å². The van der Waals surface area contributed by atoms with Crippen LogP contribution >= 0.6 is 11.8 Å². The lowest BCUT2D eigenvalue weighted by molar-refractivity contribution is -0.130. The molecule has 0 spiro atoms. The molecule has 2 atom stereocenters. The Kier molecular flexibility index (Phi) is 6.34. The van der Waals surface area contributed by atoms with Crippen LogP contribution in [0.5, 0.6) is 0 Å². The lowest BCUT2D eigenvalue weighted by atomic mass is 10.1. The summed E-state index contributed by atoms with van der Waals surface area (Å²) < 4.78 is 27.4. The number of hydrogen-bond donors (Lipinski definition) is 0. The van der Waals surface area contributed by atoms with E-state index < -0.39 is 11.2 Å². The Morgan fingerprint density at radius 2 is 1.82 bits per heavy atom. The molecule has 0 saturated carbocycles. The largest absolute Gasteiger partial charge is 0.337 e. The van der Waals surface area contributed by atoms with Crippen LogP contribution < -0.4 is 0 Å². The van der Waals surface area contributed by atoms with Crippen molar-refractivity contribution in [2.24, 2.45) is 0 Å². The summed E-state index contributed by atoms with van der Waals surface area (Å²) in [6, 6.07) is 11.8. The number of rotatable bonds is 6. The van der Waals surface area contributed by atoms with E-state index in [1.54, 1.807) is 28.0 Å². The normalized spacial score (nSPS) is 19.1. The summed E-state index contributed by atoms with van der Waals surface area (Å²) >= 11 is 1.41. The fourth-order valence-corrected chi connectivity index (χ4v) is 4.56. The highest BCUT2D eigenvalue weighted by Gasteiger charge is 2.39. The first-order valence-electron chi connectivity index (χ1n) is 9.17. The molecule has 1 aliphatic rings. The number of benzene rings is 2. The predicted octanol–water partition coefficient (Wildman–Crippen LogP) is 4.09. The molecule has 0 aliphatic carbocycles. The topological polar surface area (TPSA) is 40.6 Å². The van der Waals surface area contributed by atoms with Crippen LogP contribution in [0.25, 0.3) is 0 Å². The molecule has 0 aromatic heterocycles. The van der Waals surface area contributed by atoms with Gasteiger partial charge in [0, 0.05) is 30.8 Å². The van der Waals surface area contributed by atoms with Gasteiger partial charge < -0.3 is 9.80 Å². The Morgan fingerprint density at radius 3 is 2.46 bits per heavy atom. The lowest BCUT2D eigenvalue weighted by Gasteiger charge is -2.28. The molecule has 2 amide bonds. The second-order valence-electron chi connectivity index (χ2n) is 6.58. The molecule has 1 fully saturated rings. The summed E-state index contributed by atoms with van der Waals surface area (Å²) in [6.07, 6.45) is 0. The van der Waals surface area contributed by atoms with Gasteiger partial charge in [-0.25, -0.2) is 8.78 Å². The Morgan fingerprint density at radius 1 is 1.14 bits per heavy atom. The molecule has 0 unspecified atom stereocenters. The van der Waals surface area contributed by atoms with Gasteiger partial charge in [-0.1, -0.05) is 18.2 Å². The van der Waals surface area contributed by atoms with Crippen LogP contribution in [-0.4, -0.2) is 46.5 Å². The van der Waals surface area contributed by atoms with Gasteiger partial charge in [0.05, 0.1) is 5.25 Å². The molecule has 0 N–H and O–H groups in total. The Bertz CT molecular complexity index is 860. The third-order valence-electron chi connectivity index (χ3n) is 4.79. The monoisotopic (exact) mass is 404 g/mol. The molecule has 1 saturated heterocycles. The molecule has 7 heteroatoms. The smallest absolute Gasteiger partial charge is 0.253 e. The summed E-state index contributed by atoms with van der Waals surface area (Å²) in [7, 11) is 0. The van der Waals surface area contributed by atoms with Crippen LogP contribution in [0.4, 0.5) is 8.78 Å². The summed E-state index contributed by atoms with van der Waals surface area (Å²) in [4.78, 5) is 28.5. The standard InChI is InChI=1S/C21H22F2N2O2S/c1-3-24(20(27)15-8-10-16(22)11-9-15)12-13-25-19(26)14(2)28-21(25)17-6-4-5-7-18(17)23/h4-11,14,21H,3,12-13H2,1-2H3/t14-,21-/m1/s1. The Hall–Kier alpha value is -2.41. The maximum atomic E-state index is 14.3. The van der Waals surface area contributed by atoms with Crippen molar-refractivity contribution in [1.82, 2.24) is 9.80 Å². The minimum absolute atomic E-state index is 0.0662. The number of nitrogens with zero attached hydrogens (tertiary/aromatic N) is 2. The fourth-order valence-electron chi connectivity index (χ4n) is 3.22. The quantitative estimate of drug-likeness (QED) is 0.728. The highest BCUT2D eigenvalue weighted by molar-refractivity contribution is 8.01. The zero-order valence-electron chi connectivity index (χ0n) is 15.8. The van der Waals surface area contributed by atoms with E-state index in [9.17, 15) is 18.4 Å². The predicted molar refractivity (Wildman–Crippen MR) is 106 cm³/mol. The van der Waals surface area contributed by atoms with Crippen molar-refractivity contribution < 1.29 is 18.4 Å². The van der Waals surface area contributed by atoms with E-state index in [1.165, 1.54) is 42.1 Å². The van der Waals surface area contributed by atoms with Crippen LogP contribution in [-0.2, 0) is 4.79 Å². The van der Waals surface area contributed by atoms with Gasteiger partial charge in [-0.15, -0.1) is 11.8 Å². The molecule has 2 aromatic carbocycles. The summed E-state index contributed by atoms with van der Waals surface area (Å²) in [5.74, 6) is -1.04. The molecule has 1 aliphatic heterocycles. The average molecular weight is 404 g/mol. The van der Waals surface area contributed by atoms with Gasteiger partial charge in [-0.05, 0) is 44.2 Å². The average Bonchev–Trinajstić information content (AvgIpc) is 2.97. The van der Waals surface area contributed by atoms with E-state index in [0.717, 1.165) is 0 Å². The maximum absolute atomic E-state index is 14.3. The van der Waals surface area contributed by atoms with E-state index in [0.29, 0.717) is 30.8 Å². The van der Waals surface area contributed by atoms with E-state index in [-0.39, 0.29) is 22.9 Å². The van der Waals surface area contributed by atoms with E-state index in [2.05, 4.69) is 0 Å². The Balaban J connectivity index is 1.74. The zero-order valence-corrected chi connectivity index (χ0v) is 16.6. The summed E-state index contributed by atoms with van der Waals surface area (Å²) in [5.41, 5.74) is 0.863. The third-order valence-corrected chi connectivity index (χ3v) is 6.17. The van der Waals surface area contributed by atoms with Gasteiger partial charge in [-0.2, -0.15) is 0 Å². The molecule has 0 radical (unpaired) electrons. The van der Waals surface area contributed by atoms with Crippen molar-refractivity contribution in [3.63, 3.8) is 0 Å². The van der Waals surface area contributed by atoms with Crippen LogP contribution in [0.15, 0.2) is 48.5 Å². The van der Waals surface area contributed by atoms with Crippen molar-refractivity contribution in [2.75, 3.05) is 19.6 Å². The van der Waals surface area contributed by atoms with Crippen molar-refractivity contribution in [2.45, 2.75) is 24.5 Å². The highest BCUT2D eigenvalue weighted by atomic mass is 32.2. The van der Waals surface area contributed by atoms with Crippen LogP contribution in [0.3, 0.4) is 0 Å². The molecule has 1 heterocycles.